The van der Waals surface area contributed by atoms with E-state index in [0.29, 0.717) is 0 Å². The second kappa shape index (κ2) is 4.48. The van der Waals surface area contributed by atoms with Gasteiger partial charge in [-0.05, 0) is 18.7 Å². The monoisotopic (exact) mass is 162 g/mol. The van der Waals surface area contributed by atoms with Crippen LogP contribution in [0.3, 0.4) is 0 Å². The van der Waals surface area contributed by atoms with Crippen LogP contribution in [-0.4, -0.2) is 28.6 Å². The first-order valence-corrected chi connectivity index (χ1v) is 3.05. The standard InChI is InChI=1S/C5H10N2O4/c1-4(2)11-6-7(10)3-5(8)9/h4H,3H2,1-2H3,(H,8,9)/b7-6-. The zero-order valence-corrected chi connectivity index (χ0v) is 6.35. The van der Waals surface area contributed by atoms with Crippen LogP contribution in [-0.2, 0) is 9.63 Å². The minimum Gasteiger partial charge on any atom is -0.597 e. The van der Waals surface area contributed by atoms with E-state index >= 15 is 0 Å². The maximum atomic E-state index is 10.4. The molecule has 0 aliphatic rings. The summed E-state index contributed by atoms with van der Waals surface area (Å²) in [7, 11) is 0. The van der Waals surface area contributed by atoms with Gasteiger partial charge in [-0.15, -0.1) is 0 Å². The van der Waals surface area contributed by atoms with E-state index in [-0.39, 0.29) is 11.0 Å². The first kappa shape index (κ1) is 9.67. The van der Waals surface area contributed by atoms with Gasteiger partial charge in [0.05, 0.1) is 0 Å². The number of hydrogen-bond donors (Lipinski definition) is 1. The fourth-order valence-electron chi connectivity index (χ4n) is 0.291. The van der Waals surface area contributed by atoms with Gasteiger partial charge in [-0.2, -0.15) is 0 Å². The molecule has 0 unspecified atom stereocenters. The molecule has 0 bridgehead atoms. The summed E-state index contributed by atoms with van der Waals surface area (Å²) in [6.07, 6.45) is -0.222. The summed E-state index contributed by atoms with van der Waals surface area (Å²) < 4.78 is 0. The minimum absolute atomic E-state index is 0.0255. The smallest absolute Gasteiger partial charge is 0.373 e. The molecule has 0 amide bonds. The zero-order valence-electron chi connectivity index (χ0n) is 6.35. The molecule has 6 heteroatoms. The van der Waals surface area contributed by atoms with Crippen molar-refractivity contribution in [2.24, 2.45) is 5.28 Å². The number of aliphatic carboxylic acids is 1. The maximum Gasteiger partial charge on any atom is 0.373 e. The molecule has 1 N–H and O–H groups in total. The highest BCUT2D eigenvalue weighted by Crippen LogP contribution is 1.88. The minimum atomic E-state index is -1.24. The van der Waals surface area contributed by atoms with Crippen LogP contribution in [0.15, 0.2) is 5.28 Å². The van der Waals surface area contributed by atoms with Crippen LogP contribution in [0.4, 0.5) is 0 Å². The van der Waals surface area contributed by atoms with Crippen LogP contribution in [0, 0.1) is 5.21 Å². The van der Waals surface area contributed by atoms with Crippen molar-refractivity contribution >= 4 is 5.97 Å². The summed E-state index contributed by atoms with van der Waals surface area (Å²) in [5.41, 5.74) is 0. The summed E-state index contributed by atoms with van der Waals surface area (Å²) in [6.45, 7) is 2.66. The normalized spacial score (nSPS) is 11.7. The van der Waals surface area contributed by atoms with Crippen LogP contribution in [0.2, 0.25) is 0 Å². The Balaban J connectivity index is 3.72. The van der Waals surface area contributed by atoms with Crippen molar-refractivity contribution in [2.75, 3.05) is 6.54 Å². The molecule has 0 radical (unpaired) electrons. The maximum absolute atomic E-state index is 10.4. The molecule has 0 rings (SSSR count). The lowest BCUT2D eigenvalue weighted by Gasteiger charge is -1.99. The molecule has 0 aromatic rings. The van der Waals surface area contributed by atoms with Crippen LogP contribution >= 0.6 is 0 Å². The van der Waals surface area contributed by atoms with Crippen LogP contribution in [0.1, 0.15) is 13.8 Å². The summed E-state index contributed by atoms with van der Waals surface area (Å²) in [5, 5.41) is 21.5. The van der Waals surface area contributed by atoms with Gasteiger partial charge in [0, 0.05) is 0 Å². The van der Waals surface area contributed by atoms with Crippen LogP contribution in [0.25, 0.3) is 0 Å². The van der Waals surface area contributed by atoms with Crippen molar-refractivity contribution in [3.05, 3.63) is 5.21 Å². The predicted molar refractivity (Wildman–Crippen MR) is 34.8 cm³/mol. The Morgan fingerprint density at radius 1 is 1.82 bits per heavy atom. The van der Waals surface area contributed by atoms with Gasteiger partial charge in [0.1, 0.15) is 6.10 Å². The number of hydroxylamine groups is 1. The van der Waals surface area contributed by atoms with Gasteiger partial charge in [-0.3, -0.25) is 0 Å². The first-order chi connectivity index (χ1) is 5.02. The summed E-state index contributed by atoms with van der Waals surface area (Å²) in [5.74, 6) is -1.24. The van der Waals surface area contributed by atoms with Crippen molar-refractivity contribution in [3.63, 3.8) is 0 Å². The average Bonchev–Trinajstić information content (AvgIpc) is 1.82. The number of hydrogen-bond acceptors (Lipinski definition) is 4. The molecule has 0 fully saturated rings. The van der Waals surface area contributed by atoms with Gasteiger partial charge < -0.3 is 15.2 Å². The average molecular weight is 162 g/mol. The molecule has 11 heavy (non-hydrogen) atoms. The molecule has 0 aromatic carbocycles. The van der Waals surface area contributed by atoms with E-state index in [1.54, 1.807) is 13.8 Å². The topological polar surface area (TPSA) is 85.0 Å². The van der Waals surface area contributed by atoms with E-state index in [2.05, 4.69) is 10.1 Å². The van der Waals surface area contributed by atoms with Gasteiger partial charge in [0.15, 0.2) is 0 Å². The highest BCUT2D eigenvalue weighted by Gasteiger charge is 2.04. The van der Waals surface area contributed by atoms with Gasteiger partial charge in [0.2, 0.25) is 5.28 Å². The molecule has 0 aromatic heterocycles. The van der Waals surface area contributed by atoms with Crippen LogP contribution in [0.5, 0.6) is 0 Å². The number of carboxylic acids is 1. The molecular formula is C5H10N2O4. The molecule has 0 aliphatic heterocycles. The number of rotatable bonds is 4. The molecule has 0 saturated carbocycles. The lowest BCUT2D eigenvalue weighted by molar-refractivity contribution is -0.551. The van der Waals surface area contributed by atoms with E-state index < -0.39 is 12.5 Å². The quantitative estimate of drug-likeness (QED) is 0.367. The predicted octanol–water partition coefficient (Wildman–Crippen LogP) is 0.374. The third-order valence-electron chi connectivity index (χ3n) is 0.620. The molecule has 0 aliphatic carbocycles. The molecule has 0 atom stereocenters. The van der Waals surface area contributed by atoms with Gasteiger partial charge >= 0.3 is 5.97 Å². The molecule has 6 nitrogen and oxygen atoms in total. The van der Waals surface area contributed by atoms with E-state index in [0.717, 1.165) is 0 Å². The van der Waals surface area contributed by atoms with Crippen LogP contribution < -0.4 is 0 Å². The highest BCUT2D eigenvalue weighted by molar-refractivity contribution is 5.67. The molecule has 64 valence electrons. The Hall–Kier alpha value is -1.33. The Bertz CT molecular complexity index is 166. The van der Waals surface area contributed by atoms with E-state index in [1.807, 2.05) is 0 Å². The fourth-order valence-corrected chi connectivity index (χ4v) is 0.291. The van der Waals surface area contributed by atoms with E-state index in [4.69, 9.17) is 5.11 Å². The third kappa shape index (κ3) is 6.56. The lowest BCUT2D eigenvalue weighted by Crippen LogP contribution is -2.14. The Kier molecular flexibility index (Phi) is 3.94. The number of nitrogens with zero attached hydrogens (tertiary/aromatic N) is 2. The lowest BCUT2D eigenvalue weighted by atomic mass is 10.5. The van der Waals surface area contributed by atoms with Gasteiger partial charge in [-0.1, -0.05) is 0 Å². The summed E-state index contributed by atoms with van der Waals surface area (Å²) in [6, 6.07) is 0. The summed E-state index contributed by atoms with van der Waals surface area (Å²) in [4.78, 5) is 14.4. The Morgan fingerprint density at radius 3 is 2.73 bits per heavy atom. The molecule has 0 heterocycles. The highest BCUT2D eigenvalue weighted by atomic mass is 16.7. The van der Waals surface area contributed by atoms with Gasteiger partial charge in [-0.25, -0.2) is 4.79 Å². The Morgan fingerprint density at radius 2 is 2.36 bits per heavy atom. The number of carbonyl (C=O) groups is 1. The zero-order chi connectivity index (χ0) is 8.85. The SMILES string of the molecule is CC(C)O/N=[N+](\[O-])CC(=O)O. The second-order valence-corrected chi connectivity index (χ2v) is 2.14. The van der Waals surface area contributed by atoms with Gasteiger partial charge in [0.25, 0.3) is 6.54 Å². The van der Waals surface area contributed by atoms with Crippen molar-refractivity contribution in [1.29, 1.82) is 0 Å². The van der Waals surface area contributed by atoms with E-state index in [9.17, 15) is 10.0 Å². The molecule has 0 spiro atoms. The first-order valence-electron chi connectivity index (χ1n) is 3.05. The number of carboxylic acid groups (broad SMARTS) is 1. The largest absolute Gasteiger partial charge is 0.597 e. The van der Waals surface area contributed by atoms with E-state index in [1.165, 1.54) is 0 Å². The van der Waals surface area contributed by atoms with Crippen molar-refractivity contribution in [2.45, 2.75) is 20.0 Å². The molecule has 0 saturated heterocycles. The molecular weight excluding hydrogens is 152 g/mol. The second-order valence-electron chi connectivity index (χ2n) is 2.14. The van der Waals surface area contributed by atoms with Crippen molar-refractivity contribution in [1.82, 2.24) is 0 Å². The Labute approximate surface area is 63.6 Å². The third-order valence-corrected chi connectivity index (χ3v) is 0.620. The summed E-state index contributed by atoms with van der Waals surface area (Å²) >= 11 is 0. The van der Waals surface area contributed by atoms with Crippen molar-refractivity contribution in [3.8, 4) is 0 Å². The fraction of sp³-hybridized carbons (Fsp3) is 0.800. The van der Waals surface area contributed by atoms with Crippen molar-refractivity contribution < 1.29 is 19.6 Å².